The Labute approximate surface area is 155 Å². The number of aryl methyl sites for hydroxylation is 1. The van der Waals surface area contributed by atoms with Crippen LogP contribution in [-0.4, -0.2) is 65.7 Å². The molecule has 10 nitrogen and oxygen atoms in total. The van der Waals surface area contributed by atoms with Gasteiger partial charge in [-0.3, -0.25) is 0 Å². The predicted octanol–water partition coefficient (Wildman–Crippen LogP) is 0.735. The topological polar surface area (TPSA) is 93.2 Å². The predicted molar refractivity (Wildman–Crippen MR) is 99.1 cm³/mol. The van der Waals surface area contributed by atoms with E-state index in [0.717, 1.165) is 55.1 Å². The van der Waals surface area contributed by atoms with Gasteiger partial charge in [-0.1, -0.05) is 0 Å². The van der Waals surface area contributed by atoms with Crippen molar-refractivity contribution in [3.05, 3.63) is 48.8 Å². The molecule has 4 aromatic heterocycles. The van der Waals surface area contributed by atoms with E-state index >= 15 is 0 Å². The van der Waals surface area contributed by atoms with Crippen molar-refractivity contribution in [3.63, 3.8) is 0 Å². The van der Waals surface area contributed by atoms with Gasteiger partial charge in [0.2, 0.25) is 0 Å². The van der Waals surface area contributed by atoms with E-state index in [1.165, 1.54) is 0 Å². The quantitative estimate of drug-likeness (QED) is 0.527. The Morgan fingerprint density at radius 2 is 1.67 bits per heavy atom. The van der Waals surface area contributed by atoms with Crippen LogP contribution in [-0.2, 0) is 0 Å². The molecule has 0 N–H and O–H groups in total. The van der Waals surface area contributed by atoms with Crippen molar-refractivity contribution < 1.29 is 0 Å². The molecule has 136 valence electrons. The van der Waals surface area contributed by atoms with Gasteiger partial charge >= 0.3 is 0 Å². The number of hydrogen-bond donors (Lipinski definition) is 0. The summed E-state index contributed by atoms with van der Waals surface area (Å²) in [6.45, 7) is 5.34. The first kappa shape index (κ1) is 15.7. The fourth-order valence-corrected chi connectivity index (χ4v) is 3.26. The Bertz CT molecular complexity index is 1060. The molecule has 1 aliphatic rings. The highest BCUT2D eigenvalue weighted by Crippen LogP contribution is 2.19. The second-order valence-corrected chi connectivity index (χ2v) is 6.37. The third kappa shape index (κ3) is 2.84. The van der Waals surface area contributed by atoms with Gasteiger partial charge in [0.25, 0.3) is 0 Å². The summed E-state index contributed by atoms with van der Waals surface area (Å²) in [6, 6.07) is 7.80. The highest BCUT2D eigenvalue weighted by Gasteiger charge is 2.20. The summed E-state index contributed by atoms with van der Waals surface area (Å²) in [5.74, 6) is 3.40. The van der Waals surface area contributed by atoms with E-state index in [1.54, 1.807) is 21.7 Å². The third-order valence-electron chi connectivity index (χ3n) is 4.71. The average molecular weight is 362 g/mol. The van der Waals surface area contributed by atoms with Crippen molar-refractivity contribution >= 4 is 17.3 Å². The van der Waals surface area contributed by atoms with E-state index in [2.05, 4.69) is 40.2 Å². The van der Waals surface area contributed by atoms with Crippen LogP contribution in [0.5, 0.6) is 0 Å². The molecular weight excluding hydrogens is 344 g/mol. The first-order valence-corrected chi connectivity index (χ1v) is 8.79. The second-order valence-electron chi connectivity index (χ2n) is 6.37. The lowest BCUT2D eigenvalue weighted by molar-refractivity contribution is 0.634. The number of rotatable bonds is 3. The molecule has 10 heteroatoms. The Morgan fingerprint density at radius 1 is 0.889 bits per heavy atom. The molecule has 0 aliphatic carbocycles. The summed E-state index contributed by atoms with van der Waals surface area (Å²) in [6.07, 6.45) is 5.20. The number of hydrogen-bond acceptors (Lipinski definition) is 8. The Hall–Kier alpha value is -3.56. The summed E-state index contributed by atoms with van der Waals surface area (Å²) in [5.41, 5.74) is 0.766. The minimum atomic E-state index is 0.766. The zero-order chi connectivity index (χ0) is 18.2. The van der Waals surface area contributed by atoms with Crippen LogP contribution in [0.25, 0.3) is 11.5 Å². The van der Waals surface area contributed by atoms with Crippen molar-refractivity contribution in [2.75, 3.05) is 36.0 Å². The van der Waals surface area contributed by atoms with Crippen LogP contribution in [0.3, 0.4) is 0 Å². The minimum Gasteiger partial charge on any atom is -0.353 e. The smallest absolute Gasteiger partial charge is 0.178 e. The van der Waals surface area contributed by atoms with Gasteiger partial charge < -0.3 is 9.80 Å². The van der Waals surface area contributed by atoms with E-state index < -0.39 is 0 Å². The molecule has 0 unspecified atom stereocenters. The van der Waals surface area contributed by atoms with Crippen LogP contribution >= 0.6 is 0 Å². The molecular formula is C17H18N10. The maximum atomic E-state index is 4.67. The number of fused-ring (bicyclic) bond motifs is 1. The van der Waals surface area contributed by atoms with Gasteiger partial charge in [-0.05, 0) is 25.1 Å². The van der Waals surface area contributed by atoms with Crippen molar-refractivity contribution in [2.24, 2.45) is 0 Å². The molecule has 0 spiro atoms. The first-order valence-electron chi connectivity index (χ1n) is 8.79. The van der Waals surface area contributed by atoms with Gasteiger partial charge in [0, 0.05) is 44.6 Å². The van der Waals surface area contributed by atoms with E-state index in [9.17, 15) is 0 Å². The first-order chi connectivity index (χ1) is 13.3. The van der Waals surface area contributed by atoms with Crippen LogP contribution in [0.4, 0.5) is 11.6 Å². The lowest BCUT2D eigenvalue weighted by Crippen LogP contribution is -2.47. The SMILES string of the molecule is Cc1nnc2ccc(N3CCN(c4cc(-n5cccn5)ncn4)CC3)nn12. The summed E-state index contributed by atoms with van der Waals surface area (Å²) in [4.78, 5) is 13.3. The standard InChI is InChI=1S/C17H18N10/c1-13-21-22-14-3-4-15(23-27(13)14)24-7-9-25(10-8-24)16-11-17(19-12-18-16)26-6-2-5-20-26/h2-6,11-12H,7-10H2,1H3. The maximum absolute atomic E-state index is 4.67. The third-order valence-corrected chi connectivity index (χ3v) is 4.71. The molecule has 0 saturated carbocycles. The molecule has 1 aliphatic heterocycles. The van der Waals surface area contributed by atoms with Crippen molar-refractivity contribution in [1.29, 1.82) is 0 Å². The van der Waals surface area contributed by atoms with E-state index in [1.807, 2.05) is 37.4 Å². The van der Waals surface area contributed by atoms with Gasteiger partial charge in [-0.15, -0.1) is 15.3 Å². The lowest BCUT2D eigenvalue weighted by atomic mass is 10.3. The average Bonchev–Trinajstić information content (AvgIpc) is 3.39. The molecule has 0 amide bonds. The van der Waals surface area contributed by atoms with E-state index in [4.69, 9.17) is 0 Å². The van der Waals surface area contributed by atoms with Crippen LogP contribution in [0, 0.1) is 6.92 Å². The van der Waals surface area contributed by atoms with Gasteiger partial charge in [-0.2, -0.15) is 9.61 Å². The van der Waals surface area contributed by atoms with Crippen molar-refractivity contribution in [2.45, 2.75) is 6.92 Å². The number of nitrogens with zero attached hydrogens (tertiary/aromatic N) is 10. The molecule has 5 heterocycles. The fraction of sp³-hybridized carbons (Fsp3) is 0.294. The lowest BCUT2D eigenvalue weighted by Gasteiger charge is -2.35. The van der Waals surface area contributed by atoms with Gasteiger partial charge in [0.1, 0.15) is 18.0 Å². The largest absolute Gasteiger partial charge is 0.353 e. The summed E-state index contributed by atoms with van der Waals surface area (Å²) in [7, 11) is 0. The zero-order valence-corrected chi connectivity index (χ0v) is 14.8. The highest BCUT2D eigenvalue weighted by atomic mass is 15.4. The molecule has 5 rings (SSSR count). The second kappa shape index (κ2) is 6.31. The normalized spacial score (nSPS) is 14.9. The molecule has 4 aromatic rings. The van der Waals surface area contributed by atoms with Crippen molar-refractivity contribution in [3.8, 4) is 5.82 Å². The zero-order valence-electron chi connectivity index (χ0n) is 14.8. The Balaban J connectivity index is 1.32. The van der Waals surface area contributed by atoms with Crippen LogP contribution in [0.2, 0.25) is 0 Å². The van der Waals surface area contributed by atoms with Gasteiger partial charge in [-0.25, -0.2) is 14.6 Å². The molecule has 0 radical (unpaired) electrons. The minimum absolute atomic E-state index is 0.766. The van der Waals surface area contributed by atoms with Crippen LogP contribution in [0.1, 0.15) is 5.82 Å². The Kier molecular flexibility index (Phi) is 3.66. The number of piperazine rings is 1. The van der Waals surface area contributed by atoms with Gasteiger partial charge in [0.05, 0.1) is 0 Å². The molecule has 0 atom stereocenters. The van der Waals surface area contributed by atoms with Gasteiger partial charge in [0.15, 0.2) is 17.3 Å². The fourth-order valence-electron chi connectivity index (χ4n) is 3.26. The highest BCUT2D eigenvalue weighted by molar-refractivity contribution is 5.49. The van der Waals surface area contributed by atoms with E-state index in [-0.39, 0.29) is 0 Å². The maximum Gasteiger partial charge on any atom is 0.178 e. The molecule has 1 saturated heterocycles. The monoisotopic (exact) mass is 362 g/mol. The van der Waals surface area contributed by atoms with E-state index in [0.29, 0.717) is 0 Å². The number of anilines is 2. The van der Waals surface area contributed by atoms with Crippen LogP contribution in [0.15, 0.2) is 43.0 Å². The molecule has 0 bridgehead atoms. The molecule has 27 heavy (non-hydrogen) atoms. The van der Waals surface area contributed by atoms with Crippen LogP contribution < -0.4 is 9.80 Å². The summed E-state index contributed by atoms with van der Waals surface area (Å²) in [5, 5.41) is 17.1. The summed E-state index contributed by atoms with van der Waals surface area (Å²) < 4.78 is 3.52. The van der Waals surface area contributed by atoms with Crippen molar-refractivity contribution in [1.82, 2.24) is 39.6 Å². The Morgan fingerprint density at radius 3 is 2.44 bits per heavy atom. The molecule has 0 aromatic carbocycles. The number of aromatic nitrogens is 8. The molecule has 1 fully saturated rings. The summed E-state index contributed by atoms with van der Waals surface area (Å²) >= 11 is 0.